The summed E-state index contributed by atoms with van der Waals surface area (Å²) in [5.41, 5.74) is 4.22. The molecule has 32 heavy (non-hydrogen) atoms. The van der Waals surface area contributed by atoms with Crippen LogP contribution in [0.3, 0.4) is 0 Å². The van der Waals surface area contributed by atoms with Gasteiger partial charge in [-0.05, 0) is 78.6 Å². The van der Waals surface area contributed by atoms with Crippen LogP contribution in [0.4, 0.5) is 0 Å². The molecule has 0 amide bonds. The SMILES string of the molecule is C=CCNCC1(CCOc2ccc(C#Cc3ccc(-c4ccc(Cl)cc4)cn3)cc2)CC1. The summed E-state index contributed by atoms with van der Waals surface area (Å²) in [4.78, 5) is 4.46. The Hall–Kier alpha value is -3.06. The van der Waals surface area contributed by atoms with Gasteiger partial charge in [-0.3, -0.25) is 0 Å². The highest BCUT2D eigenvalue weighted by atomic mass is 35.5. The van der Waals surface area contributed by atoms with Gasteiger partial charge in [-0.25, -0.2) is 4.98 Å². The molecule has 4 heteroatoms. The largest absolute Gasteiger partial charge is 0.494 e. The molecule has 1 N–H and O–H groups in total. The Balaban J connectivity index is 1.28. The van der Waals surface area contributed by atoms with Crippen molar-refractivity contribution in [3.63, 3.8) is 0 Å². The third-order valence-electron chi connectivity index (χ3n) is 5.78. The molecule has 0 atom stereocenters. The zero-order valence-corrected chi connectivity index (χ0v) is 18.9. The maximum atomic E-state index is 5.95. The van der Waals surface area contributed by atoms with Crippen LogP contribution < -0.4 is 10.1 Å². The Morgan fingerprint density at radius 2 is 1.75 bits per heavy atom. The van der Waals surface area contributed by atoms with E-state index in [9.17, 15) is 0 Å². The molecule has 0 unspecified atom stereocenters. The van der Waals surface area contributed by atoms with Gasteiger partial charge in [0.25, 0.3) is 0 Å². The molecule has 0 spiro atoms. The lowest BCUT2D eigenvalue weighted by Crippen LogP contribution is -2.25. The van der Waals surface area contributed by atoms with Gasteiger partial charge in [-0.2, -0.15) is 0 Å². The molecular formula is C28H27ClN2O. The van der Waals surface area contributed by atoms with Crippen LogP contribution in [0.2, 0.25) is 5.02 Å². The van der Waals surface area contributed by atoms with Gasteiger partial charge < -0.3 is 10.1 Å². The van der Waals surface area contributed by atoms with Gasteiger partial charge in [-0.1, -0.05) is 41.8 Å². The standard InChI is InChI=1S/C28H27ClN2O/c1-2-18-30-21-28(15-16-28)17-19-32-27-13-4-22(5-14-27)3-11-26-12-8-24(20-31-26)23-6-9-25(29)10-7-23/h2,4-10,12-14,20,30H,1,15-19,21H2. The number of rotatable bonds is 9. The Kier molecular flexibility index (Phi) is 7.27. The minimum atomic E-state index is 0.421. The van der Waals surface area contributed by atoms with Crippen molar-refractivity contribution in [3.8, 4) is 28.7 Å². The first-order valence-corrected chi connectivity index (χ1v) is 11.3. The van der Waals surface area contributed by atoms with E-state index in [0.29, 0.717) is 5.41 Å². The van der Waals surface area contributed by atoms with Gasteiger partial charge in [0.15, 0.2) is 0 Å². The Morgan fingerprint density at radius 1 is 1.00 bits per heavy atom. The van der Waals surface area contributed by atoms with Crippen LogP contribution in [0.25, 0.3) is 11.1 Å². The molecule has 1 aliphatic rings. The predicted octanol–water partition coefficient (Wildman–Crippen LogP) is 6.13. The van der Waals surface area contributed by atoms with E-state index in [0.717, 1.165) is 59.3 Å². The highest BCUT2D eigenvalue weighted by Gasteiger charge is 2.41. The molecule has 0 aliphatic heterocycles. The van der Waals surface area contributed by atoms with Crippen LogP contribution in [0, 0.1) is 17.3 Å². The highest BCUT2D eigenvalue weighted by molar-refractivity contribution is 6.30. The van der Waals surface area contributed by atoms with E-state index < -0.39 is 0 Å². The zero-order valence-electron chi connectivity index (χ0n) is 18.1. The van der Waals surface area contributed by atoms with Gasteiger partial charge >= 0.3 is 0 Å². The first-order chi connectivity index (χ1) is 15.7. The number of benzene rings is 2. The van der Waals surface area contributed by atoms with E-state index in [1.807, 2.05) is 72.9 Å². The fourth-order valence-corrected chi connectivity index (χ4v) is 3.69. The molecule has 0 radical (unpaired) electrons. The molecule has 162 valence electrons. The zero-order chi connectivity index (χ0) is 22.2. The Bertz CT molecular complexity index is 1090. The highest BCUT2D eigenvalue weighted by Crippen LogP contribution is 2.48. The number of ether oxygens (including phenoxy) is 1. The lowest BCUT2D eigenvalue weighted by molar-refractivity contribution is 0.266. The molecule has 1 fully saturated rings. The second-order valence-electron chi connectivity index (χ2n) is 8.23. The molecule has 3 nitrogen and oxygen atoms in total. The molecule has 1 saturated carbocycles. The van der Waals surface area contributed by atoms with Gasteiger partial charge in [-0.15, -0.1) is 6.58 Å². The molecule has 1 aromatic heterocycles. The van der Waals surface area contributed by atoms with E-state index in [-0.39, 0.29) is 0 Å². The summed E-state index contributed by atoms with van der Waals surface area (Å²) in [6.45, 7) is 6.41. The van der Waals surface area contributed by atoms with Crippen LogP contribution in [-0.4, -0.2) is 24.7 Å². The molecule has 4 rings (SSSR count). The van der Waals surface area contributed by atoms with Crippen LogP contribution in [-0.2, 0) is 0 Å². The number of halogens is 1. The summed E-state index contributed by atoms with van der Waals surface area (Å²) >= 11 is 5.95. The summed E-state index contributed by atoms with van der Waals surface area (Å²) in [6, 6.07) is 19.6. The molecule has 0 saturated heterocycles. The average Bonchev–Trinajstić information content (AvgIpc) is 3.59. The number of nitrogens with zero attached hydrogens (tertiary/aromatic N) is 1. The van der Waals surface area contributed by atoms with E-state index in [4.69, 9.17) is 16.3 Å². The fraction of sp³-hybridized carbons (Fsp3) is 0.250. The third kappa shape index (κ3) is 6.23. The Labute approximate surface area is 195 Å². The molecular weight excluding hydrogens is 416 g/mol. The Morgan fingerprint density at radius 3 is 2.41 bits per heavy atom. The number of aromatic nitrogens is 1. The minimum Gasteiger partial charge on any atom is -0.494 e. The first kappa shape index (κ1) is 22.1. The lowest BCUT2D eigenvalue weighted by atomic mass is 10.0. The van der Waals surface area contributed by atoms with E-state index in [2.05, 4.69) is 28.7 Å². The van der Waals surface area contributed by atoms with Gasteiger partial charge in [0.2, 0.25) is 0 Å². The molecule has 1 heterocycles. The van der Waals surface area contributed by atoms with Crippen molar-refractivity contribution in [1.29, 1.82) is 0 Å². The topological polar surface area (TPSA) is 34.1 Å². The number of nitrogens with one attached hydrogen (secondary N) is 1. The molecule has 3 aromatic rings. The van der Waals surface area contributed by atoms with Crippen molar-refractivity contribution >= 4 is 11.6 Å². The smallest absolute Gasteiger partial charge is 0.119 e. The average molecular weight is 443 g/mol. The predicted molar refractivity (Wildman–Crippen MR) is 132 cm³/mol. The monoisotopic (exact) mass is 442 g/mol. The minimum absolute atomic E-state index is 0.421. The summed E-state index contributed by atoms with van der Waals surface area (Å²) in [5, 5.41) is 4.16. The lowest BCUT2D eigenvalue weighted by Gasteiger charge is -2.16. The van der Waals surface area contributed by atoms with E-state index in [1.165, 1.54) is 12.8 Å². The summed E-state index contributed by atoms with van der Waals surface area (Å²) in [7, 11) is 0. The quantitative estimate of drug-likeness (QED) is 0.246. The van der Waals surface area contributed by atoms with Crippen LogP contribution in [0.5, 0.6) is 5.75 Å². The van der Waals surface area contributed by atoms with Crippen LogP contribution >= 0.6 is 11.6 Å². The number of hydrogen-bond acceptors (Lipinski definition) is 3. The summed E-state index contributed by atoms with van der Waals surface area (Å²) in [6.07, 6.45) is 7.39. The second-order valence-corrected chi connectivity index (χ2v) is 8.67. The van der Waals surface area contributed by atoms with Crippen LogP contribution in [0.15, 0.2) is 79.5 Å². The van der Waals surface area contributed by atoms with Gasteiger partial charge in [0.05, 0.1) is 6.61 Å². The van der Waals surface area contributed by atoms with E-state index in [1.54, 1.807) is 0 Å². The number of pyridine rings is 1. The van der Waals surface area contributed by atoms with Crippen LogP contribution in [0.1, 0.15) is 30.5 Å². The van der Waals surface area contributed by atoms with Gasteiger partial charge in [0.1, 0.15) is 11.4 Å². The normalized spacial score (nSPS) is 13.7. The van der Waals surface area contributed by atoms with Gasteiger partial charge in [0, 0.05) is 35.4 Å². The fourth-order valence-electron chi connectivity index (χ4n) is 3.57. The van der Waals surface area contributed by atoms with Crippen molar-refractivity contribution in [3.05, 3.63) is 95.8 Å². The number of hydrogen-bond donors (Lipinski definition) is 1. The van der Waals surface area contributed by atoms with Crippen molar-refractivity contribution in [1.82, 2.24) is 10.3 Å². The maximum absolute atomic E-state index is 5.95. The van der Waals surface area contributed by atoms with Crippen molar-refractivity contribution in [2.24, 2.45) is 5.41 Å². The molecule has 2 aromatic carbocycles. The van der Waals surface area contributed by atoms with Crippen molar-refractivity contribution < 1.29 is 4.74 Å². The first-order valence-electron chi connectivity index (χ1n) is 10.9. The second kappa shape index (κ2) is 10.5. The summed E-state index contributed by atoms with van der Waals surface area (Å²) in [5.74, 6) is 7.18. The molecule has 1 aliphatic carbocycles. The molecule has 0 bridgehead atoms. The third-order valence-corrected chi connectivity index (χ3v) is 6.03. The maximum Gasteiger partial charge on any atom is 0.119 e. The van der Waals surface area contributed by atoms with Crippen molar-refractivity contribution in [2.45, 2.75) is 19.3 Å². The van der Waals surface area contributed by atoms with E-state index >= 15 is 0 Å². The van der Waals surface area contributed by atoms with Crippen molar-refractivity contribution in [2.75, 3.05) is 19.7 Å². The summed E-state index contributed by atoms with van der Waals surface area (Å²) < 4.78 is 5.95.